The second-order valence-electron chi connectivity index (χ2n) is 4.15. The predicted octanol–water partition coefficient (Wildman–Crippen LogP) is 1.99. The van der Waals surface area contributed by atoms with Crippen LogP contribution in [0.4, 0.5) is 0 Å². The summed E-state index contributed by atoms with van der Waals surface area (Å²) in [6.45, 7) is 5.77. The van der Waals surface area contributed by atoms with Crippen molar-refractivity contribution < 1.29 is 14.3 Å². The highest BCUT2D eigenvalue weighted by molar-refractivity contribution is 8.22. The molecule has 0 amide bonds. The SMILES string of the molecule is CC(C)(C)C(=O)OCC1CSC(=S)O1. The molecule has 3 nitrogen and oxygen atoms in total. The van der Waals surface area contributed by atoms with Gasteiger partial charge >= 0.3 is 5.97 Å². The number of thioether (sulfide) groups is 1. The first kappa shape index (κ1) is 11.8. The minimum atomic E-state index is -0.452. The normalized spacial score (nSPS) is 21.9. The average Bonchev–Trinajstić information content (AvgIpc) is 2.45. The zero-order chi connectivity index (χ0) is 10.8. The summed E-state index contributed by atoms with van der Waals surface area (Å²) in [5.74, 6) is 0.569. The molecule has 0 radical (unpaired) electrons. The van der Waals surface area contributed by atoms with E-state index in [2.05, 4.69) is 0 Å². The lowest BCUT2D eigenvalue weighted by molar-refractivity contribution is -0.155. The van der Waals surface area contributed by atoms with Gasteiger partial charge in [-0.15, -0.1) is 0 Å². The van der Waals surface area contributed by atoms with E-state index in [9.17, 15) is 4.79 Å². The van der Waals surface area contributed by atoms with Crippen molar-refractivity contribution in [2.24, 2.45) is 5.41 Å². The summed E-state index contributed by atoms with van der Waals surface area (Å²) >= 11 is 6.33. The summed E-state index contributed by atoms with van der Waals surface area (Å²) in [7, 11) is 0. The third-order valence-corrected chi connectivity index (χ3v) is 2.98. The molecule has 0 N–H and O–H groups in total. The molecule has 80 valence electrons. The maximum absolute atomic E-state index is 11.4. The molecule has 0 spiro atoms. The van der Waals surface area contributed by atoms with Gasteiger partial charge in [0.25, 0.3) is 0 Å². The first-order valence-electron chi connectivity index (χ1n) is 4.40. The van der Waals surface area contributed by atoms with Gasteiger partial charge in [0.05, 0.1) is 5.41 Å². The summed E-state index contributed by atoms with van der Waals surface area (Å²) in [5, 5.41) is 0. The molecular formula is C9H14O3S2. The Balaban J connectivity index is 2.28. The van der Waals surface area contributed by atoms with Crippen LogP contribution >= 0.6 is 24.0 Å². The van der Waals surface area contributed by atoms with Gasteiger partial charge in [-0.3, -0.25) is 4.79 Å². The van der Waals surface area contributed by atoms with Crippen LogP contribution in [-0.4, -0.2) is 28.8 Å². The maximum atomic E-state index is 11.4. The summed E-state index contributed by atoms with van der Waals surface area (Å²) in [6, 6.07) is 0. The molecular weight excluding hydrogens is 220 g/mol. The van der Waals surface area contributed by atoms with Gasteiger partial charge in [-0.1, -0.05) is 11.8 Å². The maximum Gasteiger partial charge on any atom is 0.311 e. The number of rotatable bonds is 2. The Morgan fingerprint density at radius 3 is 2.79 bits per heavy atom. The zero-order valence-electron chi connectivity index (χ0n) is 8.53. The minimum absolute atomic E-state index is 0.0706. The van der Waals surface area contributed by atoms with Gasteiger partial charge < -0.3 is 9.47 Å². The van der Waals surface area contributed by atoms with Crippen LogP contribution in [0.25, 0.3) is 0 Å². The standard InChI is InChI=1S/C9H14O3S2/c1-9(2,3)7(10)11-4-6-5-14-8(13)12-6/h6H,4-5H2,1-3H3. The molecule has 0 bridgehead atoms. The molecule has 0 saturated carbocycles. The monoisotopic (exact) mass is 234 g/mol. The number of hydrogen-bond donors (Lipinski definition) is 0. The molecule has 1 unspecified atom stereocenters. The van der Waals surface area contributed by atoms with E-state index < -0.39 is 5.41 Å². The van der Waals surface area contributed by atoms with Gasteiger partial charge in [-0.25, -0.2) is 0 Å². The second kappa shape index (κ2) is 4.49. The van der Waals surface area contributed by atoms with Crippen molar-refractivity contribution in [3.05, 3.63) is 0 Å². The Kier molecular flexibility index (Phi) is 3.78. The Morgan fingerprint density at radius 2 is 2.36 bits per heavy atom. The van der Waals surface area contributed by atoms with Crippen LogP contribution in [0.2, 0.25) is 0 Å². The number of thiocarbonyl (C=S) groups is 1. The van der Waals surface area contributed by atoms with Crippen molar-refractivity contribution in [2.75, 3.05) is 12.4 Å². The third-order valence-electron chi connectivity index (χ3n) is 1.66. The summed E-state index contributed by atoms with van der Waals surface area (Å²) in [6.07, 6.45) is -0.0706. The van der Waals surface area contributed by atoms with Gasteiger partial charge in [0, 0.05) is 5.75 Å². The zero-order valence-corrected chi connectivity index (χ0v) is 10.2. The van der Waals surface area contributed by atoms with Crippen molar-refractivity contribution in [1.82, 2.24) is 0 Å². The topological polar surface area (TPSA) is 35.5 Å². The summed E-state index contributed by atoms with van der Waals surface area (Å²) < 4.78 is 10.9. The van der Waals surface area contributed by atoms with Gasteiger partial charge in [0.15, 0.2) is 0 Å². The average molecular weight is 234 g/mol. The van der Waals surface area contributed by atoms with Crippen LogP contribution in [0, 0.1) is 5.41 Å². The summed E-state index contributed by atoms with van der Waals surface area (Å²) in [5.41, 5.74) is -0.452. The van der Waals surface area contributed by atoms with E-state index >= 15 is 0 Å². The van der Waals surface area contributed by atoms with E-state index in [1.54, 1.807) is 0 Å². The number of ether oxygens (including phenoxy) is 2. The smallest absolute Gasteiger partial charge is 0.311 e. The molecule has 1 aliphatic heterocycles. The number of esters is 1. The molecule has 0 aromatic carbocycles. The van der Waals surface area contributed by atoms with Gasteiger partial charge in [0.1, 0.15) is 12.7 Å². The van der Waals surface area contributed by atoms with Crippen molar-refractivity contribution in [3.63, 3.8) is 0 Å². The van der Waals surface area contributed by atoms with Gasteiger partial charge in [-0.2, -0.15) is 0 Å². The molecule has 1 atom stereocenters. The molecule has 1 heterocycles. The molecule has 0 aromatic heterocycles. The Bertz CT molecular complexity index is 245. The minimum Gasteiger partial charge on any atom is -0.471 e. The Morgan fingerprint density at radius 1 is 1.71 bits per heavy atom. The first-order valence-corrected chi connectivity index (χ1v) is 5.79. The van der Waals surface area contributed by atoms with Crippen LogP contribution in [0.5, 0.6) is 0 Å². The molecule has 1 fully saturated rings. The van der Waals surface area contributed by atoms with Crippen LogP contribution in [0.15, 0.2) is 0 Å². The van der Waals surface area contributed by atoms with E-state index in [1.165, 1.54) is 11.8 Å². The molecule has 5 heteroatoms. The Hall–Kier alpha value is -0.290. The molecule has 14 heavy (non-hydrogen) atoms. The number of carbonyl (C=O) groups excluding carboxylic acids is 1. The molecule has 1 aliphatic rings. The molecule has 0 aromatic rings. The van der Waals surface area contributed by atoms with Crippen LogP contribution in [0.1, 0.15) is 20.8 Å². The molecule has 1 rings (SSSR count). The van der Waals surface area contributed by atoms with Crippen LogP contribution < -0.4 is 0 Å². The van der Waals surface area contributed by atoms with Gasteiger partial charge in [-0.05, 0) is 33.0 Å². The van der Waals surface area contributed by atoms with Gasteiger partial charge in [0.2, 0.25) is 4.38 Å². The second-order valence-corrected chi connectivity index (χ2v) is 5.77. The predicted molar refractivity (Wildman–Crippen MR) is 60.3 cm³/mol. The van der Waals surface area contributed by atoms with Crippen molar-refractivity contribution in [2.45, 2.75) is 26.9 Å². The van der Waals surface area contributed by atoms with E-state index in [0.717, 1.165) is 5.75 Å². The van der Waals surface area contributed by atoms with Crippen molar-refractivity contribution in [1.29, 1.82) is 0 Å². The van der Waals surface area contributed by atoms with Crippen LogP contribution in [0.3, 0.4) is 0 Å². The first-order chi connectivity index (χ1) is 6.39. The highest BCUT2D eigenvalue weighted by atomic mass is 32.2. The lowest BCUT2D eigenvalue weighted by Crippen LogP contribution is -2.28. The van der Waals surface area contributed by atoms with E-state index in [-0.39, 0.29) is 12.1 Å². The van der Waals surface area contributed by atoms with E-state index in [4.69, 9.17) is 21.7 Å². The fourth-order valence-electron chi connectivity index (χ4n) is 0.832. The van der Waals surface area contributed by atoms with Crippen molar-refractivity contribution >= 4 is 34.3 Å². The lowest BCUT2D eigenvalue weighted by atomic mass is 9.97. The number of hydrogen-bond acceptors (Lipinski definition) is 5. The van der Waals surface area contributed by atoms with Crippen molar-refractivity contribution in [3.8, 4) is 0 Å². The summed E-state index contributed by atoms with van der Waals surface area (Å²) in [4.78, 5) is 11.4. The molecule has 0 aliphatic carbocycles. The lowest BCUT2D eigenvalue weighted by Gasteiger charge is -2.18. The number of carbonyl (C=O) groups is 1. The third kappa shape index (κ3) is 3.46. The highest BCUT2D eigenvalue weighted by Crippen LogP contribution is 2.21. The highest BCUT2D eigenvalue weighted by Gasteiger charge is 2.27. The fourth-order valence-corrected chi connectivity index (χ4v) is 1.86. The Labute approximate surface area is 93.5 Å². The fraction of sp³-hybridized carbons (Fsp3) is 0.778. The van der Waals surface area contributed by atoms with Crippen LogP contribution in [-0.2, 0) is 14.3 Å². The van der Waals surface area contributed by atoms with E-state index in [1.807, 2.05) is 20.8 Å². The quantitative estimate of drug-likeness (QED) is 0.539. The molecule has 1 saturated heterocycles. The largest absolute Gasteiger partial charge is 0.471 e. The van der Waals surface area contributed by atoms with E-state index in [0.29, 0.717) is 11.0 Å².